The Labute approximate surface area is 105 Å². The van der Waals surface area contributed by atoms with Crippen LogP contribution in [0, 0.1) is 0 Å². The Morgan fingerprint density at radius 1 is 1.22 bits per heavy atom. The number of imidazole rings is 1. The molecule has 0 saturated heterocycles. The second-order valence-corrected chi connectivity index (χ2v) is 4.04. The maximum absolute atomic E-state index is 5.81. The number of hydrogen-bond acceptors (Lipinski definition) is 4. The number of nitrogens with two attached hydrogens (primary N) is 1. The first-order chi connectivity index (χ1) is 8.75. The molecular weight excluding hydrogens is 226 g/mol. The van der Waals surface area contributed by atoms with Gasteiger partial charge in [0.2, 0.25) is 0 Å². The van der Waals surface area contributed by atoms with Crippen LogP contribution in [-0.4, -0.2) is 21.4 Å². The molecule has 90 valence electrons. The molecule has 2 heterocycles. The maximum atomic E-state index is 5.81. The van der Waals surface area contributed by atoms with Gasteiger partial charge >= 0.3 is 0 Å². The van der Waals surface area contributed by atoms with Gasteiger partial charge < -0.3 is 15.0 Å². The highest BCUT2D eigenvalue weighted by molar-refractivity contribution is 5.73. The Morgan fingerprint density at radius 3 is 2.78 bits per heavy atom. The van der Waals surface area contributed by atoms with Gasteiger partial charge in [-0.1, -0.05) is 18.2 Å². The molecule has 2 aromatic heterocycles. The highest BCUT2D eigenvalue weighted by atomic mass is 15.2. The van der Waals surface area contributed by atoms with Crippen molar-refractivity contribution in [3.05, 3.63) is 48.9 Å². The SMILES string of the molecule is CN(c1ccccc1)c1nc(N)cn2ccnc12. The summed E-state index contributed by atoms with van der Waals surface area (Å²) in [5.74, 6) is 1.21. The van der Waals surface area contributed by atoms with Crippen LogP contribution in [-0.2, 0) is 0 Å². The Bertz CT molecular complexity index is 674. The molecule has 2 N–H and O–H groups in total. The number of nitrogen functional groups attached to an aromatic ring is 1. The zero-order chi connectivity index (χ0) is 12.5. The van der Waals surface area contributed by atoms with Crippen molar-refractivity contribution in [2.45, 2.75) is 0 Å². The highest BCUT2D eigenvalue weighted by Crippen LogP contribution is 2.25. The van der Waals surface area contributed by atoms with Crippen molar-refractivity contribution in [1.82, 2.24) is 14.4 Å². The molecular formula is C13H13N5. The molecule has 3 aromatic rings. The highest BCUT2D eigenvalue weighted by Gasteiger charge is 2.12. The molecule has 0 aliphatic rings. The lowest BCUT2D eigenvalue weighted by Crippen LogP contribution is -2.13. The van der Waals surface area contributed by atoms with Crippen molar-refractivity contribution in [3.63, 3.8) is 0 Å². The topological polar surface area (TPSA) is 59.5 Å². The van der Waals surface area contributed by atoms with Gasteiger partial charge in [-0.3, -0.25) is 0 Å². The zero-order valence-electron chi connectivity index (χ0n) is 9.99. The number of anilines is 3. The van der Waals surface area contributed by atoms with Gasteiger partial charge in [-0.25, -0.2) is 9.97 Å². The second-order valence-electron chi connectivity index (χ2n) is 4.04. The molecule has 0 aliphatic heterocycles. The van der Waals surface area contributed by atoms with Crippen LogP contribution in [0.2, 0.25) is 0 Å². The summed E-state index contributed by atoms with van der Waals surface area (Å²) < 4.78 is 1.87. The third-order valence-corrected chi connectivity index (χ3v) is 2.84. The van der Waals surface area contributed by atoms with E-state index >= 15 is 0 Å². The summed E-state index contributed by atoms with van der Waals surface area (Å²) in [5.41, 5.74) is 7.64. The number of nitrogens with zero attached hydrogens (tertiary/aromatic N) is 4. The van der Waals surface area contributed by atoms with Crippen molar-refractivity contribution >= 4 is 23.0 Å². The lowest BCUT2D eigenvalue weighted by molar-refractivity contribution is 1.07. The lowest BCUT2D eigenvalue weighted by Gasteiger charge is -2.19. The van der Waals surface area contributed by atoms with E-state index in [0.29, 0.717) is 5.82 Å². The van der Waals surface area contributed by atoms with Crippen molar-refractivity contribution in [2.24, 2.45) is 0 Å². The predicted octanol–water partition coefficient (Wildman–Crippen LogP) is 2.08. The predicted molar refractivity (Wildman–Crippen MR) is 71.9 cm³/mol. The van der Waals surface area contributed by atoms with Crippen LogP contribution in [0.25, 0.3) is 5.65 Å². The number of benzene rings is 1. The van der Waals surface area contributed by atoms with E-state index in [0.717, 1.165) is 17.2 Å². The van der Waals surface area contributed by atoms with Crippen molar-refractivity contribution in [2.75, 3.05) is 17.7 Å². The first-order valence-corrected chi connectivity index (χ1v) is 5.63. The summed E-state index contributed by atoms with van der Waals surface area (Å²) in [6, 6.07) is 9.99. The van der Waals surface area contributed by atoms with Crippen LogP contribution in [0.4, 0.5) is 17.3 Å². The van der Waals surface area contributed by atoms with Crippen LogP contribution in [0.3, 0.4) is 0 Å². The van der Waals surface area contributed by atoms with E-state index in [1.807, 2.05) is 52.9 Å². The molecule has 3 rings (SSSR count). The van der Waals surface area contributed by atoms with Gasteiger partial charge in [0.25, 0.3) is 0 Å². The average molecular weight is 239 g/mol. The minimum absolute atomic E-state index is 0.471. The summed E-state index contributed by atoms with van der Waals surface area (Å²) >= 11 is 0. The fourth-order valence-electron chi connectivity index (χ4n) is 1.93. The number of rotatable bonds is 2. The van der Waals surface area contributed by atoms with Gasteiger partial charge in [-0.2, -0.15) is 0 Å². The molecule has 0 aliphatic carbocycles. The molecule has 0 atom stereocenters. The molecule has 5 heteroatoms. The van der Waals surface area contributed by atoms with Crippen LogP contribution >= 0.6 is 0 Å². The quantitative estimate of drug-likeness (QED) is 0.743. The number of hydrogen-bond donors (Lipinski definition) is 1. The van der Waals surface area contributed by atoms with Crippen molar-refractivity contribution < 1.29 is 0 Å². The monoisotopic (exact) mass is 239 g/mol. The molecule has 1 aromatic carbocycles. The second kappa shape index (κ2) is 4.03. The molecule has 0 saturated carbocycles. The third-order valence-electron chi connectivity index (χ3n) is 2.84. The normalized spacial score (nSPS) is 10.7. The first kappa shape index (κ1) is 10.6. The summed E-state index contributed by atoms with van der Waals surface area (Å²) in [5, 5.41) is 0. The third kappa shape index (κ3) is 1.66. The average Bonchev–Trinajstić information content (AvgIpc) is 2.86. The number of aromatic nitrogens is 3. The lowest BCUT2D eigenvalue weighted by atomic mass is 10.3. The largest absolute Gasteiger partial charge is 0.382 e. The Hall–Kier alpha value is -2.56. The summed E-state index contributed by atoms with van der Waals surface area (Å²) in [4.78, 5) is 10.7. The fourth-order valence-corrected chi connectivity index (χ4v) is 1.93. The Kier molecular flexibility index (Phi) is 2.37. The first-order valence-electron chi connectivity index (χ1n) is 5.63. The molecule has 0 bridgehead atoms. The molecule has 0 unspecified atom stereocenters. The molecule has 0 fully saturated rings. The van der Waals surface area contributed by atoms with E-state index in [2.05, 4.69) is 9.97 Å². The molecule has 0 spiro atoms. The maximum Gasteiger partial charge on any atom is 0.180 e. The van der Waals surface area contributed by atoms with Crippen molar-refractivity contribution in [1.29, 1.82) is 0 Å². The Morgan fingerprint density at radius 2 is 2.00 bits per heavy atom. The van der Waals surface area contributed by atoms with E-state index in [4.69, 9.17) is 5.73 Å². The van der Waals surface area contributed by atoms with E-state index in [1.54, 1.807) is 12.4 Å². The van der Waals surface area contributed by atoms with Gasteiger partial charge in [-0.05, 0) is 12.1 Å². The van der Waals surface area contributed by atoms with E-state index in [-0.39, 0.29) is 0 Å². The molecule has 18 heavy (non-hydrogen) atoms. The van der Waals surface area contributed by atoms with Crippen LogP contribution in [0.1, 0.15) is 0 Å². The molecule has 0 amide bonds. The van der Waals surface area contributed by atoms with Gasteiger partial charge in [0.05, 0.1) is 6.20 Å². The standard InChI is InChI=1S/C13H13N5/c1-17(10-5-3-2-4-6-10)13-12-15-7-8-18(12)9-11(14)16-13/h2-9H,14H2,1H3. The fraction of sp³-hybridized carbons (Fsp3) is 0.0769. The smallest absolute Gasteiger partial charge is 0.180 e. The number of fused-ring (bicyclic) bond motifs is 1. The van der Waals surface area contributed by atoms with E-state index < -0.39 is 0 Å². The minimum Gasteiger partial charge on any atom is -0.382 e. The van der Waals surface area contributed by atoms with Gasteiger partial charge in [0.15, 0.2) is 11.5 Å². The van der Waals surface area contributed by atoms with Crippen LogP contribution in [0.5, 0.6) is 0 Å². The molecule has 0 radical (unpaired) electrons. The van der Waals surface area contributed by atoms with Crippen LogP contribution < -0.4 is 10.6 Å². The van der Waals surface area contributed by atoms with Crippen molar-refractivity contribution in [3.8, 4) is 0 Å². The van der Waals surface area contributed by atoms with Gasteiger partial charge in [-0.15, -0.1) is 0 Å². The minimum atomic E-state index is 0.471. The summed E-state index contributed by atoms with van der Waals surface area (Å²) in [6.07, 6.45) is 5.35. The van der Waals surface area contributed by atoms with Gasteiger partial charge in [0, 0.05) is 25.1 Å². The summed E-state index contributed by atoms with van der Waals surface area (Å²) in [6.45, 7) is 0. The number of para-hydroxylation sites is 1. The summed E-state index contributed by atoms with van der Waals surface area (Å²) in [7, 11) is 1.95. The van der Waals surface area contributed by atoms with E-state index in [1.165, 1.54) is 0 Å². The van der Waals surface area contributed by atoms with Gasteiger partial charge in [0.1, 0.15) is 5.82 Å². The molecule has 5 nitrogen and oxygen atoms in total. The Balaban J connectivity index is 2.17. The van der Waals surface area contributed by atoms with E-state index in [9.17, 15) is 0 Å². The van der Waals surface area contributed by atoms with Crippen LogP contribution in [0.15, 0.2) is 48.9 Å². The zero-order valence-corrected chi connectivity index (χ0v) is 9.99.